The predicted molar refractivity (Wildman–Crippen MR) is 122 cm³/mol. The van der Waals surface area contributed by atoms with Crippen molar-refractivity contribution in [3.05, 3.63) is 59.2 Å². The summed E-state index contributed by atoms with van der Waals surface area (Å²) in [6.45, 7) is 8.45. The van der Waals surface area contributed by atoms with E-state index in [0.29, 0.717) is 11.4 Å². The number of aryl methyl sites for hydroxylation is 2. The first-order chi connectivity index (χ1) is 14.2. The fourth-order valence-corrected chi connectivity index (χ4v) is 5.49. The maximum atomic E-state index is 13.1. The fraction of sp³-hybridized carbons (Fsp3) is 0.478. The minimum Gasteiger partial charge on any atom is -0.378 e. The van der Waals surface area contributed by atoms with Crippen LogP contribution in [0.2, 0.25) is 0 Å². The van der Waals surface area contributed by atoms with Crippen molar-refractivity contribution in [1.82, 2.24) is 4.72 Å². The van der Waals surface area contributed by atoms with Gasteiger partial charge in [0.25, 0.3) is 0 Å². The van der Waals surface area contributed by atoms with Crippen molar-refractivity contribution in [3.63, 3.8) is 0 Å². The molecule has 0 spiro atoms. The number of sulfonamides is 1. The minimum atomic E-state index is -3.56. The Bertz CT molecular complexity index is 950. The summed E-state index contributed by atoms with van der Waals surface area (Å²) in [4.78, 5) is 5.44. The number of benzene rings is 2. The van der Waals surface area contributed by atoms with Gasteiger partial charge in [-0.3, -0.25) is 0 Å². The molecule has 2 aromatic rings. The molecule has 3 rings (SSSR count). The van der Waals surface area contributed by atoms with E-state index in [1.807, 2.05) is 40.1 Å². The summed E-state index contributed by atoms with van der Waals surface area (Å²) in [5.74, 6) is 0. The monoisotopic (exact) mass is 432 g/mol. The van der Waals surface area contributed by atoms with Crippen LogP contribution >= 0.6 is 0 Å². The smallest absolute Gasteiger partial charge is 0.241 e. The number of nitrogens with zero attached hydrogens (tertiary/aromatic N) is 1. The molecule has 0 unspecified atom stereocenters. The SMILES string of the molecule is Cc1ccc(C)c(S(=O)(=O)NC[C@@H](c2ccc(N(C)C)cc2)[NH+]2CC[NH+](C)CC2)c1. The number of hydrogen-bond donors (Lipinski definition) is 3. The first-order valence-electron chi connectivity index (χ1n) is 10.7. The Morgan fingerprint density at radius 3 is 2.23 bits per heavy atom. The Morgan fingerprint density at radius 2 is 1.63 bits per heavy atom. The second-order valence-electron chi connectivity index (χ2n) is 8.77. The quantitative estimate of drug-likeness (QED) is 0.568. The van der Waals surface area contributed by atoms with Crippen LogP contribution in [0, 0.1) is 13.8 Å². The van der Waals surface area contributed by atoms with Crippen molar-refractivity contribution in [1.29, 1.82) is 0 Å². The highest BCUT2D eigenvalue weighted by Gasteiger charge is 2.31. The summed E-state index contributed by atoms with van der Waals surface area (Å²) in [6, 6.07) is 14.2. The number of piperazine rings is 1. The van der Waals surface area contributed by atoms with E-state index in [0.717, 1.165) is 43.0 Å². The van der Waals surface area contributed by atoms with Crippen LogP contribution in [0.5, 0.6) is 0 Å². The lowest BCUT2D eigenvalue weighted by molar-refractivity contribution is -1.02. The third kappa shape index (κ3) is 5.40. The van der Waals surface area contributed by atoms with Crippen LogP contribution in [0.1, 0.15) is 22.7 Å². The molecule has 30 heavy (non-hydrogen) atoms. The van der Waals surface area contributed by atoms with Crippen molar-refractivity contribution in [2.45, 2.75) is 24.8 Å². The second kappa shape index (κ2) is 9.47. The predicted octanol–water partition coefficient (Wildman–Crippen LogP) is -0.198. The van der Waals surface area contributed by atoms with Crippen molar-refractivity contribution in [2.75, 3.05) is 58.8 Å². The largest absolute Gasteiger partial charge is 0.378 e. The van der Waals surface area contributed by atoms with Gasteiger partial charge in [-0.05, 0) is 43.2 Å². The van der Waals surface area contributed by atoms with Gasteiger partial charge in [0.1, 0.15) is 32.2 Å². The fourth-order valence-electron chi connectivity index (χ4n) is 4.12. The zero-order valence-corrected chi connectivity index (χ0v) is 19.6. The van der Waals surface area contributed by atoms with Gasteiger partial charge in [0.2, 0.25) is 10.0 Å². The molecule has 1 fully saturated rings. The number of quaternary nitrogens is 2. The standard InChI is InChI=1S/C23H34N4O2S/c1-18-6-7-19(2)23(16-18)30(28,29)24-17-22(27-14-12-26(5)13-15-27)20-8-10-21(11-9-20)25(3)4/h6-11,16,22,24H,12-15,17H2,1-5H3/p+2/t22-/m0/s1. The van der Waals surface area contributed by atoms with E-state index in [9.17, 15) is 8.42 Å². The Balaban J connectivity index is 1.84. The normalized spacial score (nSPS) is 20.7. The Kier molecular flexibility index (Phi) is 7.18. The lowest BCUT2D eigenvalue weighted by Crippen LogP contribution is -3.27. The first-order valence-corrected chi connectivity index (χ1v) is 12.2. The zero-order valence-electron chi connectivity index (χ0n) is 18.8. The molecule has 6 nitrogen and oxygen atoms in total. The molecular weight excluding hydrogens is 396 g/mol. The molecule has 0 saturated carbocycles. The third-order valence-corrected chi connectivity index (χ3v) is 7.73. The van der Waals surface area contributed by atoms with Crippen LogP contribution in [0.3, 0.4) is 0 Å². The number of likely N-dealkylation sites (N-methyl/N-ethyl adjacent to an activating group) is 1. The van der Waals surface area contributed by atoms with E-state index < -0.39 is 10.0 Å². The van der Waals surface area contributed by atoms with Gasteiger partial charge >= 0.3 is 0 Å². The van der Waals surface area contributed by atoms with Crippen LogP contribution < -0.4 is 19.4 Å². The van der Waals surface area contributed by atoms with E-state index in [1.165, 1.54) is 15.4 Å². The van der Waals surface area contributed by atoms with Gasteiger partial charge in [-0.15, -0.1) is 0 Å². The van der Waals surface area contributed by atoms with E-state index in [4.69, 9.17) is 0 Å². The number of anilines is 1. The number of nitrogens with one attached hydrogen (secondary N) is 3. The molecular formula is C23H36N4O2S+2. The van der Waals surface area contributed by atoms with Gasteiger partial charge < -0.3 is 14.7 Å². The molecule has 0 aliphatic carbocycles. The highest BCUT2D eigenvalue weighted by molar-refractivity contribution is 7.89. The van der Waals surface area contributed by atoms with Gasteiger partial charge in [0, 0.05) is 25.3 Å². The highest BCUT2D eigenvalue weighted by Crippen LogP contribution is 2.19. The zero-order chi connectivity index (χ0) is 21.9. The number of hydrogen-bond acceptors (Lipinski definition) is 3. The van der Waals surface area contributed by atoms with E-state index in [2.05, 4.69) is 40.9 Å². The lowest BCUT2D eigenvalue weighted by atomic mass is 10.0. The Hall–Kier alpha value is -1.93. The van der Waals surface area contributed by atoms with Gasteiger partial charge in [-0.1, -0.05) is 24.3 Å². The topological polar surface area (TPSA) is 58.3 Å². The highest BCUT2D eigenvalue weighted by atomic mass is 32.2. The van der Waals surface area contributed by atoms with Crippen molar-refractivity contribution >= 4 is 15.7 Å². The van der Waals surface area contributed by atoms with Crippen LogP contribution in [0.15, 0.2) is 47.4 Å². The van der Waals surface area contributed by atoms with Crippen LogP contribution in [0.25, 0.3) is 0 Å². The van der Waals surface area contributed by atoms with Gasteiger partial charge in [-0.25, -0.2) is 13.1 Å². The maximum Gasteiger partial charge on any atom is 0.241 e. The van der Waals surface area contributed by atoms with Gasteiger partial charge in [0.15, 0.2) is 0 Å². The lowest BCUT2D eigenvalue weighted by Gasteiger charge is -2.33. The molecule has 1 heterocycles. The summed E-state index contributed by atoms with van der Waals surface area (Å²) in [5.41, 5.74) is 4.05. The van der Waals surface area contributed by atoms with Crippen molar-refractivity contribution < 1.29 is 18.2 Å². The van der Waals surface area contributed by atoms with E-state index >= 15 is 0 Å². The van der Waals surface area contributed by atoms with Gasteiger partial charge in [0.05, 0.1) is 18.5 Å². The molecule has 7 heteroatoms. The molecule has 0 aromatic heterocycles. The summed E-state index contributed by atoms with van der Waals surface area (Å²) >= 11 is 0. The van der Waals surface area contributed by atoms with Crippen LogP contribution in [-0.4, -0.2) is 62.3 Å². The van der Waals surface area contributed by atoms with E-state index in [1.54, 1.807) is 6.07 Å². The van der Waals surface area contributed by atoms with Crippen LogP contribution in [0.4, 0.5) is 5.69 Å². The molecule has 1 aliphatic heterocycles. The average Bonchev–Trinajstić information content (AvgIpc) is 2.71. The summed E-state index contributed by atoms with van der Waals surface area (Å²) in [6.07, 6.45) is 0. The second-order valence-corrected chi connectivity index (χ2v) is 10.5. The summed E-state index contributed by atoms with van der Waals surface area (Å²) in [7, 11) is 2.71. The molecule has 0 bridgehead atoms. The molecule has 0 radical (unpaired) electrons. The molecule has 3 N–H and O–H groups in total. The summed E-state index contributed by atoms with van der Waals surface area (Å²) in [5, 5.41) is 0. The molecule has 164 valence electrons. The minimum absolute atomic E-state index is 0.0919. The molecule has 1 atom stereocenters. The average molecular weight is 433 g/mol. The Morgan fingerprint density at radius 1 is 1.00 bits per heavy atom. The molecule has 1 aliphatic rings. The molecule has 0 amide bonds. The third-order valence-electron chi connectivity index (χ3n) is 6.16. The summed E-state index contributed by atoms with van der Waals surface area (Å²) < 4.78 is 29.1. The first kappa shape index (κ1) is 22.7. The van der Waals surface area contributed by atoms with Crippen LogP contribution in [-0.2, 0) is 10.0 Å². The van der Waals surface area contributed by atoms with E-state index in [-0.39, 0.29) is 6.04 Å². The van der Waals surface area contributed by atoms with Crippen molar-refractivity contribution in [3.8, 4) is 0 Å². The van der Waals surface area contributed by atoms with Gasteiger partial charge in [-0.2, -0.15) is 0 Å². The number of rotatable bonds is 7. The maximum absolute atomic E-state index is 13.1. The molecule has 1 saturated heterocycles. The van der Waals surface area contributed by atoms with Crippen molar-refractivity contribution in [2.24, 2.45) is 0 Å². The molecule has 2 aromatic carbocycles. The Labute approximate surface area is 181 Å².